The monoisotopic (exact) mass is 320 g/mol. The Labute approximate surface area is 133 Å². The maximum Gasteiger partial charge on any atom is 0.346 e. The molecule has 0 N–H and O–H groups in total. The Morgan fingerprint density at radius 2 is 1.00 bits per heavy atom. The fourth-order valence-corrected chi connectivity index (χ4v) is 2.61. The lowest BCUT2D eigenvalue weighted by molar-refractivity contribution is 0.0400. The first kappa shape index (κ1) is 14.1. The van der Waals surface area contributed by atoms with E-state index >= 15 is 0 Å². The van der Waals surface area contributed by atoms with Gasteiger partial charge in [-0.1, -0.05) is 24.3 Å². The molecule has 0 amide bonds. The van der Waals surface area contributed by atoms with E-state index in [4.69, 9.17) is 9.15 Å². The molecule has 1 aliphatic heterocycles. The van der Waals surface area contributed by atoms with Crippen LogP contribution in [0.15, 0.2) is 62.5 Å². The van der Waals surface area contributed by atoms with Crippen molar-refractivity contribution in [3.8, 4) is 0 Å². The molecule has 0 fully saturated rings. The first-order valence-corrected chi connectivity index (χ1v) is 7.02. The zero-order valence-corrected chi connectivity index (χ0v) is 12.1. The Morgan fingerprint density at radius 1 is 0.583 bits per heavy atom. The third-order valence-corrected chi connectivity index (χ3v) is 3.81. The van der Waals surface area contributed by atoms with Crippen LogP contribution in [0.5, 0.6) is 0 Å². The number of carbonyl (C=O) groups is 2. The summed E-state index contributed by atoms with van der Waals surface area (Å²) in [7, 11) is 0. The van der Waals surface area contributed by atoms with Gasteiger partial charge in [-0.05, 0) is 35.0 Å². The summed E-state index contributed by atoms with van der Waals surface area (Å²) in [5.41, 5.74) is -2.24. The average molecular weight is 320 g/mol. The van der Waals surface area contributed by atoms with Crippen LogP contribution >= 0.6 is 0 Å². The van der Waals surface area contributed by atoms with E-state index in [1.54, 1.807) is 24.3 Å². The van der Waals surface area contributed by atoms with Crippen LogP contribution < -0.4 is 11.3 Å². The lowest BCUT2D eigenvalue weighted by Gasteiger charge is -2.05. The van der Waals surface area contributed by atoms with Crippen LogP contribution in [0.25, 0.3) is 21.5 Å². The fraction of sp³-hybridized carbons (Fsp3) is 0. The molecule has 0 radical (unpaired) electrons. The molecule has 6 heteroatoms. The zero-order chi connectivity index (χ0) is 16.8. The first-order chi connectivity index (χ1) is 11.5. The maximum absolute atomic E-state index is 12.3. The summed E-state index contributed by atoms with van der Waals surface area (Å²) < 4.78 is 9.67. The molecule has 2 aromatic carbocycles. The Balaban J connectivity index is 2.40. The molecule has 0 unspecified atom stereocenters. The van der Waals surface area contributed by atoms with Crippen LogP contribution in [0.3, 0.4) is 0 Å². The smallest absolute Gasteiger partial charge is 0.346 e. The molecule has 1 aromatic heterocycles. The molecule has 4 bridgehead atoms. The summed E-state index contributed by atoms with van der Waals surface area (Å²) in [6.07, 6.45) is 0. The molecule has 2 heterocycles. The van der Waals surface area contributed by atoms with Crippen LogP contribution in [-0.4, -0.2) is 11.9 Å². The van der Waals surface area contributed by atoms with Gasteiger partial charge in [-0.15, -0.1) is 0 Å². The van der Waals surface area contributed by atoms with Gasteiger partial charge in [0.25, 0.3) is 0 Å². The minimum atomic E-state index is -0.980. The number of carbonyl (C=O) groups excluding carboxylic acids is 2. The molecule has 4 rings (SSSR count). The van der Waals surface area contributed by atoms with Crippen molar-refractivity contribution in [1.82, 2.24) is 0 Å². The minimum absolute atomic E-state index is 0.137. The van der Waals surface area contributed by atoms with Crippen LogP contribution in [0.1, 0.15) is 20.7 Å². The van der Waals surface area contributed by atoms with Crippen molar-refractivity contribution in [2.24, 2.45) is 0 Å². The van der Waals surface area contributed by atoms with E-state index in [0.717, 1.165) is 0 Å². The van der Waals surface area contributed by atoms with E-state index in [9.17, 15) is 19.2 Å². The highest BCUT2D eigenvalue weighted by Crippen LogP contribution is 2.18. The van der Waals surface area contributed by atoms with Gasteiger partial charge in [0.1, 0.15) is 0 Å². The van der Waals surface area contributed by atoms with Crippen LogP contribution in [0.2, 0.25) is 0 Å². The predicted molar refractivity (Wildman–Crippen MR) is 84.8 cm³/mol. The second-order valence-electron chi connectivity index (χ2n) is 5.30. The van der Waals surface area contributed by atoms with Crippen molar-refractivity contribution in [1.29, 1.82) is 0 Å². The molecule has 0 spiro atoms. The molecular formula is C18H8O6. The maximum atomic E-state index is 12.3. The Kier molecular flexibility index (Phi) is 2.93. The quantitative estimate of drug-likeness (QED) is 0.466. The summed E-state index contributed by atoms with van der Waals surface area (Å²) in [4.78, 5) is 49.1. The van der Waals surface area contributed by atoms with Gasteiger partial charge in [0.15, 0.2) is 0 Å². The number of rotatable bonds is 0. The van der Waals surface area contributed by atoms with Crippen molar-refractivity contribution in [2.75, 3.05) is 0 Å². The Morgan fingerprint density at radius 3 is 1.46 bits per heavy atom. The molecule has 24 heavy (non-hydrogen) atoms. The zero-order valence-electron chi connectivity index (χ0n) is 12.1. The molecule has 116 valence electrons. The van der Waals surface area contributed by atoms with Crippen molar-refractivity contribution in [3.05, 3.63) is 80.5 Å². The summed E-state index contributed by atoms with van der Waals surface area (Å²) in [5, 5.41) is 0.983. The molecule has 6 nitrogen and oxygen atoms in total. The summed E-state index contributed by atoms with van der Waals surface area (Å²) in [6, 6.07) is 12.2. The average Bonchev–Trinajstić information content (AvgIpc) is 2.59. The number of ether oxygens (including phenoxy) is 1. The van der Waals surface area contributed by atoms with Crippen molar-refractivity contribution in [3.63, 3.8) is 0 Å². The number of benzene rings is 2. The molecule has 0 saturated carbocycles. The summed E-state index contributed by atoms with van der Waals surface area (Å²) in [5.74, 6) is -1.96. The van der Waals surface area contributed by atoms with Gasteiger partial charge < -0.3 is 9.15 Å². The third-order valence-electron chi connectivity index (χ3n) is 3.81. The minimum Gasteiger partial charge on any atom is -0.386 e. The van der Waals surface area contributed by atoms with E-state index < -0.39 is 23.2 Å². The topological polar surface area (TPSA) is 90.7 Å². The molecule has 1 aliphatic rings. The fourth-order valence-electron chi connectivity index (χ4n) is 2.61. The highest BCUT2D eigenvalue weighted by Gasteiger charge is 2.21. The van der Waals surface area contributed by atoms with Crippen molar-refractivity contribution >= 4 is 33.5 Å². The third kappa shape index (κ3) is 2.13. The van der Waals surface area contributed by atoms with Crippen molar-refractivity contribution in [2.45, 2.75) is 0 Å². The van der Waals surface area contributed by atoms with Gasteiger partial charge in [-0.3, -0.25) is 0 Å². The van der Waals surface area contributed by atoms with E-state index in [1.807, 2.05) is 0 Å². The number of esters is 2. The highest BCUT2D eigenvalue weighted by atomic mass is 16.6. The number of fused-ring (bicyclic) bond motifs is 4. The van der Waals surface area contributed by atoms with Gasteiger partial charge in [0.05, 0.1) is 21.9 Å². The van der Waals surface area contributed by atoms with E-state index in [-0.39, 0.29) is 21.9 Å². The molecular weight excluding hydrogens is 312 g/mol. The summed E-state index contributed by atoms with van der Waals surface area (Å²) in [6.45, 7) is 0. The van der Waals surface area contributed by atoms with Crippen LogP contribution in [0, 0.1) is 0 Å². The lowest BCUT2D eigenvalue weighted by Crippen LogP contribution is -2.19. The second kappa shape index (κ2) is 4.99. The number of cyclic esters (lactones) is 2. The standard InChI is InChI=1S/C18H8O6/c19-15-11-5-3-9-1-2-10-4-6-12(16(20)23-15)14(8-10)18(22)24-17(21)13(11)7-9/h1-8H. The molecule has 0 atom stereocenters. The number of hydrogen-bond acceptors (Lipinski definition) is 6. The van der Waals surface area contributed by atoms with Gasteiger partial charge in [-0.2, -0.15) is 0 Å². The van der Waals surface area contributed by atoms with Crippen molar-refractivity contribution < 1.29 is 18.7 Å². The van der Waals surface area contributed by atoms with Gasteiger partial charge in [0.2, 0.25) is 0 Å². The lowest BCUT2D eigenvalue weighted by atomic mass is 10.1. The summed E-state index contributed by atoms with van der Waals surface area (Å²) >= 11 is 0. The van der Waals surface area contributed by atoms with E-state index in [0.29, 0.717) is 10.8 Å². The first-order valence-electron chi connectivity index (χ1n) is 7.02. The van der Waals surface area contributed by atoms with Crippen LogP contribution in [0.4, 0.5) is 0 Å². The highest BCUT2D eigenvalue weighted by molar-refractivity contribution is 6.09. The van der Waals surface area contributed by atoms with Gasteiger partial charge >= 0.3 is 23.2 Å². The Bertz CT molecular complexity index is 1110. The van der Waals surface area contributed by atoms with Gasteiger partial charge in [-0.25, -0.2) is 19.2 Å². The van der Waals surface area contributed by atoms with Gasteiger partial charge in [0, 0.05) is 0 Å². The normalized spacial score (nSPS) is 13.0. The molecule has 0 aliphatic carbocycles. The van der Waals surface area contributed by atoms with E-state index in [1.165, 1.54) is 24.3 Å². The van der Waals surface area contributed by atoms with Crippen LogP contribution in [-0.2, 0) is 4.74 Å². The van der Waals surface area contributed by atoms with E-state index in [2.05, 4.69) is 0 Å². The number of hydrogen-bond donors (Lipinski definition) is 0. The Hall–Kier alpha value is -3.54. The largest absolute Gasteiger partial charge is 0.386 e. The molecule has 0 saturated heterocycles. The SMILES string of the molecule is O=C1OC(=O)c2ccc3ccc4ccc1c(c4)c(=O)oc(=O)c2c3. The molecule has 3 aromatic rings. The second-order valence-corrected chi connectivity index (χ2v) is 5.30. The predicted octanol–water partition coefficient (Wildman–Crippen LogP) is 2.18.